The fourth-order valence-corrected chi connectivity index (χ4v) is 2.21. The van der Waals surface area contributed by atoms with Crippen LogP contribution in [0.3, 0.4) is 0 Å². The number of likely N-dealkylation sites (tertiary alicyclic amines) is 1. The molecule has 1 fully saturated rings. The van der Waals surface area contributed by atoms with E-state index in [2.05, 4.69) is 10.1 Å². The van der Waals surface area contributed by atoms with Gasteiger partial charge in [-0.1, -0.05) is 12.1 Å². The molecule has 8 heteroatoms. The molecule has 5 nitrogen and oxygen atoms in total. The molecule has 120 valence electrons. The minimum absolute atomic E-state index is 0.0701. The molecule has 1 saturated heterocycles. The molecule has 0 saturated carbocycles. The number of ether oxygens (including phenoxy) is 1. The van der Waals surface area contributed by atoms with E-state index in [-0.39, 0.29) is 19.4 Å². The van der Waals surface area contributed by atoms with Crippen LogP contribution in [0.1, 0.15) is 18.4 Å². The number of piperidine rings is 1. The van der Waals surface area contributed by atoms with Crippen molar-refractivity contribution < 1.29 is 27.5 Å². The van der Waals surface area contributed by atoms with E-state index in [0.29, 0.717) is 5.56 Å². The number of nitrogens with one attached hydrogen (secondary N) is 1. The van der Waals surface area contributed by atoms with Crippen molar-refractivity contribution in [2.75, 3.05) is 12.4 Å². The zero-order valence-electron chi connectivity index (χ0n) is 11.8. The molecule has 0 spiro atoms. The molecule has 1 unspecified atom stereocenters. The summed E-state index contributed by atoms with van der Waals surface area (Å²) in [5.74, 6) is -1.45. The van der Waals surface area contributed by atoms with Crippen LogP contribution in [0.15, 0.2) is 24.3 Å². The van der Waals surface area contributed by atoms with Crippen LogP contribution < -0.4 is 5.32 Å². The molecule has 1 aliphatic heterocycles. The van der Waals surface area contributed by atoms with Crippen LogP contribution in [0.2, 0.25) is 0 Å². The first-order chi connectivity index (χ1) is 10.3. The predicted octanol–water partition coefficient (Wildman–Crippen LogP) is 2.28. The van der Waals surface area contributed by atoms with Crippen LogP contribution in [0.25, 0.3) is 0 Å². The van der Waals surface area contributed by atoms with Crippen LogP contribution in [0.4, 0.5) is 18.9 Å². The molecule has 2 amide bonds. The van der Waals surface area contributed by atoms with Crippen molar-refractivity contribution in [2.24, 2.45) is 0 Å². The Kier molecular flexibility index (Phi) is 4.70. The van der Waals surface area contributed by atoms with E-state index < -0.39 is 24.3 Å². The van der Waals surface area contributed by atoms with Gasteiger partial charge in [0.15, 0.2) is 0 Å². The molecular weight excluding hydrogens is 301 g/mol. The fraction of sp³-hybridized carbons (Fsp3) is 0.429. The Morgan fingerprint density at radius 1 is 1.27 bits per heavy atom. The number of hydrogen-bond donors (Lipinski definition) is 1. The quantitative estimate of drug-likeness (QED) is 0.866. The maximum absolute atomic E-state index is 12.3. The standard InChI is InChI=1S/C14H15F3N2O3/c1-18-10-4-2-9(3-5-10)8-19-12(20)7-6-11(13(19)21)22-14(15,16)17/h2-5,11,18H,6-8H2,1H3. The average Bonchev–Trinajstić information content (AvgIpc) is 2.46. The van der Waals surface area contributed by atoms with E-state index in [1.165, 1.54) is 0 Å². The summed E-state index contributed by atoms with van der Waals surface area (Å²) < 4.78 is 40.6. The van der Waals surface area contributed by atoms with Crippen molar-refractivity contribution in [3.63, 3.8) is 0 Å². The van der Waals surface area contributed by atoms with Crippen molar-refractivity contribution in [1.29, 1.82) is 0 Å². The first-order valence-corrected chi connectivity index (χ1v) is 6.65. The topological polar surface area (TPSA) is 58.6 Å². The van der Waals surface area contributed by atoms with E-state index in [0.717, 1.165) is 10.6 Å². The second kappa shape index (κ2) is 6.35. The normalized spacial score (nSPS) is 19.5. The first-order valence-electron chi connectivity index (χ1n) is 6.65. The predicted molar refractivity (Wildman–Crippen MR) is 71.7 cm³/mol. The Bertz CT molecular complexity index is 557. The molecule has 1 aliphatic rings. The number of halogens is 3. The van der Waals surface area contributed by atoms with Gasteiger partial charge in [0.2, 0.25) is 5.91 Å². The largest absolute Gasteiger partial charge is 0.523 e. The summed E-state index contributed by atoms with van der Waals surface area (Å²) in [5, 5.41) is 2.92. The highest BCUT2D eigenvalue weighted by Gasteiger charge is 2.42. The summed E-state index contributed by atoms with van der Waals surface area (Å²) >= 11 is 0. The zero-order chi connectivity index (χ0) is 16.3. The second-order valence-corrected chi connectivity index (χ2v) is 4.86. The number of anilines is 1. The molecule has 22 heavy (non-hydrogen) atoms. The Hall–Kier alpha value is -2.09. The van der Waals surface area contributed by atoms with E-state index in [1.807, 2.05) is 0 Å². The van der Waals surface area contributed by atoms with E-state index in [1.54, 1.807) is 31.3 Å². The molecule has 1 N–H and O–H groups in total. The minimum atomic E-state index is -4.90. The number of benzene rings is 1. The van der Waals surface area contributed by atoms with Gasteiger partial charge in [-0.3, -0.25) is 19.2 Å². The SMILES string of the molecule is CNc1ccc(CN2C(=O)CCC(OC(F)(F)F)C2=O)cc1. The van der Waals surface area contributed by atoms with Gasteiger partial charge in [-0.2, -0.15) is 0 Å². The summed E-state index contributed by atoms with van der Waals surface area (Å²) in [6.07, 6.45) is -6.97. The average molecular weight is 316 g/mol. The lowest BCUT2D eigenvalue weighted by atomic mass is 10.1. The minimum Gasteiger partial charge on any atom is -0.388 e. The van der Waals surface area contributed by atoms with Gasteiger partial charge < -0.3 is 5.32 Å². The number of amides is 2. The van der Waals surface area contributed by atoms with Crippen LogP contribution in [0, 0.1) is 0 Å². The van der Waals surface area contributed by atoms with E-state index >= 15 is 0 Å². The molecule has 1 atom stereocenters. The van der Waals surface area contributed by atoms with Crippen molar-refractivity contribution in [3.05, 3.63) is 29.8 Å². The van der Waals surface area contributed by atoms with Crippen LogP contribution in [0.5, 0.6) is 0 Å². The third-order valence-corrected chi connectivity index (χ3v) is 3.32. The van der Waals surface area contributed by atoms with E-state index in [9.17, 15) is 22.8 Å². The lowest BCUT2D eigenvalue weighted by Crippen LogP contribution is -2.49. The molecule has 0 radical (unpaired) electrons. The molecule has 1 aromatic rings. The lowest BCUT2D eigenvalue weighted by Gasteiger charge is -2.30. The summed E-state index contributed by atoms with van der Waals surface area (Å²) in [5.41, 5.74) is 1.49. The second-order valence-electron chi connectivity index (χ2n) is 4.86. The molecular formula is C14H15F3N2O3. The third kappa shape index (κ3) is 3.97. The highest BCUT2D eigenvalue weighted by molar-refractivity contribution is 5.99. The first kappa shape index (κ1) is 16.3. The van der Waals surface area contributed by atoms with Gasteiger partial charge in [-0.25, -0.2) is 0 Å². The molecule has 1 aromatic carbocycles. The third-order valence-electron chi connectivity index (χ3n) is 3.32. The Morgan fingerprint density at radius 3 is 2.45 bits per heavy atom. The molecule has 2 rings (SSSR count). The maximum Gasteiger partial charge on any atom is 0.523 e. The maximum atomic E-state index is 12.3. The summed E-state index contributed by atoms with van der Waals surface area (Å²) in [6, 6.07) is 6.89. The number of nitrogens with zero attached hydrogens (tertiary/aromatic N) is 1. The van der Waals surface area contributed by atoms with Crippen LogP contribution in [-0.4, -0.2) is 36.2 Å². The van der Waals surface area contributed by atoms with Gasteiger partial charge in [0.05, 0.1) is 6.54 Å². The summed E-state index contributed by atoms with van der Waals surface area (Å²) in [4.78, 5) is 24.6. The van der Waals surface area contributed by atoms with Gasteiger partial charge in [0, 0.05) is 19.2 Å². The van der Waals surface area contributed by atoms with Crippen molar-refractivity contribution in [3.8, 4) is 0 Å². The number of imide groups is 1. The van der Waals surface area contributed by atoms with Gasteiger partial charge in [0.1, 0.15) is 6.10 Å². The summed E-state index contributed by atoms with van der Waals surface area (Å²) in [6.45, 7) is -0.0701. The Balaban J connectivity index is 2.09. The number of rotatable bonds is 4. The Morgan fingerprint density at radius 2 is 1.91 bits per heavy atom. The van der Waals surface area contributed by atoms with Crippen LogP contribution >= 0.6 is 0 Å². The monoisotopic (exact) mass is 316 g/mol. The molecule has 1 heterocycles. The number of hydrogen-bond acceptors (Lipinski definition) is 4. The number of carbonyl (C=O) groups is 2. The van der Waals surface area contributed by atoms with Crippen LogP contribution in [-0.2, 0) is 20.9 Å². The smallest absolute Gasteiger partial charge is 0.388 e. The van der Waals surface area contributed by atoms with Crippen molar-refractivity contribution in [1.82, 2.24) is 4.90 Å². The van der Waals surface area contributed by atoms with Crippen molar-refractivity contribution in [2.45, 2.75) is 31.9 Å². The fourth-order valence-electron chi connectivity index (χ4n) is 2.21. The molecule has 0 aliphatic carbocycles. The van der Waals surface area contributed by atoms with Gasteiger partial charge in [-0.15, -0.1) is 13.2 Å². The number of alkyl halides is 3. The molecule has 0 bridgehead atoms. The lowest BCUT2D eigenvalue weighted by molar-refractivity contribution is -0.340. The van der Waals surface area contributed by atoms with Gasteiger partial charge >= 0.3 is 6.36 Å². The number of carbonyl (C=O) groups excluding carboxylic acids is 2. The summed E-state index contributed by atoms with van der Waals surface area (Å²) in [7, 11) is 1.74. The molecule has 0 aromatic heterocycles. The van der Waals surface area contributed by atoms with Crippen molar-refractivity contribution >= 4 is 17.5 Å². The highest BCUT2D eigenvalue weighted by Crippen LogP contribution is 2.26. The van der Waals surface area contributed by atoms with Gasteiger partial charge in [0.25, 0.3) is 5.91 Å². The van der Waals surface area contributed by atoms with E-state index in [4.69, 9.17) is 0 Å². The zero-order valence-corrected chi connectivity index (χ0v) is 11.8. The highest BCUT2D eigenvalue weighted by atomic mass is 19.4. The Labute approximate surface area is 125 Å². The van der Waals surface area contributed by atoms with Gasteiger partial charge in [-0.05, 0) is 24.1 Å².